The van der Waals surface area contributed by atoms with Crippen LogP contribution in [0.15, 0.2) is 61.1 Å². The normalized spacial score (nSPS) is 21.4. The van der Waals surface area contributed by atoms with Gasteiger partial charge in [-0.15, -0.1) is 10.2 Å². The quantitative estimate of drug-likeness (QED) is 0.703. The predicted octanol–water partition coefficient (Wildman–Crippen LogP) is 2.92. The maximum atomic E-state index is 12.8. The Labute approximate surface area is 162 Å². The number of ether oxygens (including phenoxy) is 2. The van der Waals surface area contributed by atoms with Crippen LogP contribution in [0.4, 0.5) is 4.79 Å². The summed E-state index contributed by atoms with van der Waals surface area (Å²) in [6.07, 6.45) is 6.28. The summed E-state index contributed by atoms with van der Waals surface area (Å²) in [4.78, 5) is 14.6. The number of aromatic nitrogens is 3. The van der Waals surface area contributed by atoms with E-state index in [4.69, 9.17) is 9.47 Å². The highest BCUT2D eigenvalue weighted by Crippen LogP contribution is 2.33. The molecule has 2 bridgehead atoms. The van der Waals surface area contributed by atoms with Crippen LogP contribution in [-0.4, -0.2) is 50.9 Å². The zero-order valence-electron chi connectivity index (χ0n) is 15.3. The molecule has 1 amide bonds. The Balaban J connectivity index is 1.36. The number of hydrogen-bond acceptors (Lipinski definition) is 5. The first-order chi connectivity index (χ1) is 13.8. The molecule has 2 aliphatic rings. The highest BCUT2D eigenvalue weighted by atomic mass is 16.6. The number of pyridine rings is 1. The van der Waals surface area contributed by atoms with Crippen molar-refractivity contribution in [2.45, 2.75) is 25.1 Å². The Morgan fingerprint density at radius 3 is 2.93 bits per heavy atom. The molecule has 7 heteroatoms. The Morgan fingerprint density at radius 1 is 1.18 bits per heavy atom. The van der Waals surface area contributed by atoms with Crippen LogP contribution in [0.2, 0.25) is 0 Å². The number of rotatable bonds is 3. The van der Waals surface area contributed by atoms with E-state index in [9.17, 15) is 4.79 Å². The monoisotopic (exact) mass is 376 g/mol. The first kappa shape index (κ1) is 16.9. The first-order valence-electron chi connectivity index (χ1n) is 9.35. The van der Waals surface area contributed by atoms with Crippen molar-refractivity contribution in [1.82, 2.24) is 19.5 Å². The molecule has 1 saturated heterocycles. The zero-order chi connectivity index (χ0) is 18.9. The molecule has 0 N–H and O–H groups in total. The van der Waals surface area contributed by atoms with E-state index in [-0.39, 0.29) is 24.8 Å². The number of amides is 1. The van der Waals surface area contributed by atoms with Gasteiger partial charge in [0, 0.05) is 6.20 Å². The number of benzene rings is 1. The molecule has 2 aliphatic heterocycles. The van der Waals surface area contributed by atoms with Crippen LogP contribution in [-0.2, 0) is 16.1 Å². The van der Waals surface area contributed by atoms with Gasteiger partial charge >= 0.3 is 6.09 Å². The highest BCUT2D eigenvalue weighted by Gasteiger charge is 2.39. The molecule has 5 rings (SSSR count). The van der Waals surface area contributed by atoms with E-state index in [1.54, 1.807) is 6.33 Å². The molecule has 0 radical (unpaired) electrons. The summed E-state index contributed by atoms with van der Waals surface area (Å²) in [5.41, 5.74) is 4.12. The molecule has 2 unspecified atom stereocenters. The Kier molecular flexibility index (Phi) is 4.29. The minimum atomic E-state index is -0.285. The van der Waals surface area contributed by atoms with Crippen LogP contribution in [0.1, 0.15) is 17.5 Å². The molecular weight excluding hydrogens is 356 g/mol. The van der Waals surface area contributed by atoms with Crippen LogP contribution >= 0.6 is 0 Å². The third-order valence-electron chi connectivity index (χ3n) is 5.28. The molecule has 142 valence electrons. The second-order valence-electron chi connectivity index (χ2n) is 7.12. The van der Waals surface area contributed by atoms with Gasteiger partial charge in [0.05, 0.1) is 25.3 Å². The Hall–Kier alpha value is -3.19. The zero-order valence-corrected chi connectivity index (χ0v) is 15.3. The van der Waals surface area contributed by atoms with Crippen molar-refractivity contribution in [2.75, 3.05) is 13.2 Å². The number of carbonyl (C=O) groups excluding carboxylic acids is 1. The number of carbonyl (C=O) groups is 1. The average molecular weight is 376 g/mol. The fourth-order valence-corrected chi connectivity index (χ4v) is 3.91. The molecule has 2 aromatic heterocycles. The summed E-state index contributed by atoms with van der Waals surface area (Å²) in [6, 6.07) is 13.6. The van der Waals surface area contributed by atoms with Crippen molar-refractivity contribution >= 4 is 17.3 Å². The lowest BCUT2D eigenvalue weighted by Gasteiger charge is -2.43. The molecule has 3 aromatic rings. The predicted molar refractivity (Wildman–Crippen MR) is 102 cm³/mol. The van der Waals surface area contributed by atoms with Gasteiger partial charge in [0.1, 0.15) is 12.9 Å². The summed E-state index contributed by atoms with van der Waals surface area (Å²) in [5, 5.41) is 7.98. The van der Waals surface area contributed by atoms with Gasteiger partial charge < -0.3 is 9.47 Å². The molecule has 1 aromatic carbocycles. The van der Waals surface area contributed by atoms with Gasteiger partial charge in [-0.3, -0.25) is 9.30 Å². The first-order valence-corrected chi connectivity index (χ1v) is 9.35. The van der Waals surface area contributed by atoms with Gasteiger partial charge in [-0.2, -0.15) is 0 Å². The van der Waals surface area contributed by atoms with E-state index in [0.29, 0.717) is 13.2 Å². The van der Waals surface area contributed by atoms with Gasteiger partial charge in [0.2, 0.25) is 0 Å². The van der Waals surface area contributed by atoms with Crippen molar-refractivity contribution in [2.24, 2.45) is 0 Å². The lowest BCUT2D eigenvalue weighted by Crippen LogP contribution is -2.56. The fourth-order valence-electron chi connectivity index (χ4n) is 3.91. The SMILES string of the molecule is O=C(OCc1ccccc1)N1C2C=C(c3ccc4nncn4c3)CC1COC2. The summed E-state index contributed by atoms with van der Waals surface area (Å²) >= 11 is 0. The van der Waals surface area contributed by atoms with E-state index in [1.165, 1.54) is 5.57 Å². The van der Waals surface area contributed by atoms with Gasteiger partial charge in [-0.25, -0.2) is 4.79 Å². The minimum absolute atomic E-state index is 0.0290. The minimum Gasteiger partial charge on any atom is -0.445 e. The Bertz CT molecular complexity index is 1030. The van der Waals surface area contributed by atoms with Crippen LogP contribution in [0, 0.1) is 0 Å². The van der Waals surface area contributed by atoms with Gasteiger partial charge in [-0.05, 0) is 35.3 Å². The second kappa shape index (κ2) is 7.09. The van der Waals surface area contributed by atoms with Crippen LogP contribution < -0.4 is 0 Å². The Morgan fingerprint density at radius 2 is 2.07 bits per heavy atom. The highest BCUT2D eigenvalue weighted by molar-refractivity contribution is 5.74. The van der Waals surface area contributed by atoms with Crippen molar-refractivity contribution in [3.05, 3.63) is 72.2 Å². The molecule has 4 heterocycles. The number of fused-ring (bicyclic) bond motifs is 3. The van der Waals surface area contributed by atoms with Crippen molar-refractivity contribution in [3.63, 3.8) is 0 Å². The van der Waals surface area contributed by atoms with Crippen molar-refractivity contribution in [3.8, 4) is 0 Å². The molecule has 0 aliphatic carbocycles. The number of hydrogen-bond donors (Lipinski definition) is 0. The number of nitrogens with zero attached hydrogens (tertiary/aromatic N) is 4. The maximum absolute atomic E-state index is 12.8. The lowest BCUT2D eigenvalue weighted by molar-refractivity contribution is -0.0342. The van der Waals surface area contributed by atoms with Crippen LogP contribution in [0.25, 0.3) is 11.2 Å². The lowest BCUT2D eigenvalue weighted by atomic mass is 9.91. The smallest absolute Gasteiger partial charge is 0.411 e. The second-order valence-corrected chi connectivity index (χ2v) is 7.12. The van der Waals surface area contributed by atoms with Crippen LogP contribution in [0.5, 0.6) is 0 Å². The largest absolute Gasteiger partial charge is 0.445 e. The third-order valence-corrected chi connectivity index (χ3v) is 5.28. The van der Waals surface area contributed by atoms with E-state index in [2.05, 4.69) is 22.3 Å². The van der Waals surface area contributed by atoms with E-state index >= 15 is 0 Å². The summed E-state index contributed by atoms with van der Waals surface area (Å²) in [5.74, 6) is 0. The van der Waals surface area contributed by atoms with E-state index in [1.807, 2.05) is 51.9 Å². The third kappa shape index (κ3) is 3.14. The average Bonchev–Trinajstić information content (AvgIpc) is 3.19. The molecular formula is C21H20N4O3. The molecule has 0 spiro atoms. The summed E-state index contributed by atoms with van der Waals surface area (Å²) < 4.78 is 13.2. The topological polar surface area (TPSA) is 69.0 Å². The van der Waals surface area contributed by atoms with Gasteiger partial charge in [-0.1, -0.05) is 36.4 Å². The van der Waals surface area contributed by atoms with E-state index in [0.717, 1.165) is 23.2 Å². The van der Waals surface area contributed by atoms with Crippen LogP contribution in [0.3, 0.4) is 0 Å². The fraction of sp³-hybridized carbons (Fsp3) is 0.286. The van der Waals surface area contributed by atoms with Crippen molar-refractivity contribution < 1.29 is 14.3 Å². The standard InChI is InChI=1S/C21H20N4O3/c26-21(28-11-15-4-2-1-3-5-15)25-18-8-17(9-19(25)13-27-12-18)16-6-7-20-23-22-14-24(20)10-16/h1-8,10,14,18-19H,9,11-13H2. The number of morpholine rings is 1. The molecule has 0 saturated carbocycles. The molecule has 7 nitrogen and oxygen atoms in total. The molecule has 28 heavy (non-hydrogen) atoms. The maximum Gasteiger partial charge on any atom is 0.411 e. The van der Waals surface area contributed by atoms with Gasteiger partial charge in [0.25, 0.3) is 0 Å². The molecule has 2 atom stereocenters. The summed E-state index contributed by atoms with van der Waals surface area (Å²) in [7, 11) is 0. The molecule has 1 fully saturated rings. The summed E-state index contributed by atoms with van der Waals surface area (Å²) in [6.45, 7) is 1.27. The van der Waals surface area contributed by atoms with Gasteiger partial charge in [0.15, 0.2) is 5.65 Å². The van der Waals surface area contributed by atoms with Crippen molar-refractivity contribution in [1.29, 1.82) is 0 Å². The van der Waals surface area contributed by atoms with E-state index < -0.39 is 0 Å².